The highest BCUT2D eigenvalue weighted by molar-refractivity contribution is 14.1. The molecule has 3 heterocycles. The Morgan fingerprint density at radius 1 is 1.17 bits per heavy atom. The van der Waals surface area contributed by atoms with Crippen LogP contribution in [-0.4, -0.2) is 65.4 Å². The Kier molecular flexibility index (Phi) is 7.01. The van der Waals surface area contributed by atoms with Crippen LogP contribution in [0.5, 0.6) is 0 Å². The highest BCUT2D eigenvalue weighted by atomic mass is 127. The zero-order valence-corrected chi connectivity index (χ0v) is 18.9. The molecule has 2 aliphatic heterocycles. The van der Waals surface area contributed by atoms with Crippen LogP contribution >= 0.6 is 45.5 Å². The van der Waals surface area contributed by atoms with Gasteiger partial charge in [0.2, 0.25) is 22.9 Å². The van der Waals surface area contributed by atoms with E-state index < -0.39 is 0 Å². The van der Waals surface area contributed by atoms with Crippen LogP contribution in [0.4, 0.5) is 5.82 Å². The molecule has 0 bridgehead atoms. The lowest BCUT2D eigenvalue weighted by atomic mass is 9.92. The molecular formula is C18H29I2N4+. The molecule has 2 fully saturated rings. The fourth-order valence-electron chi connectivity index (χ4n) is 3.76. The number of pyridine rings is 1. The first-order valence-corrected chi connectivity index (χ1v) is 11.2. The summed E-state index contributed by atoms with van der Waals surface area (Å²) in [5.41, 5.74) is 0. The minimum absolute atomic E-state index is 0.917. The third kappa shape index (κ3) is 5.67. The number of quaternary nitrogens is 1. The third-order valence-electron chi connectivity index (χ3n) is 5.50. The summed E-state index contributed by atoms with van der Waals surface area (Å²) in [6, 6.07) is 4.32. The Morgan fingerprint density at radius 3 is 2.50 bits per heavy atom. The van der Waals surface area contributed by atoms with Crippen LogP contribution in [-0.2, 0) is 0 Å². The molecule has 6 heteroatoms. The van der Waals surface area contributed by atoms with Gasteiger partial charge in [-0.3, -0.25) is 7.60 Å². The van der Waals surface area contributed by atoms with Crippen molar-refractivity contribution in [2.45, 2.75) is 25.7 Å². The molecule has 0 amide bonds. The predicted octanol–water partition coefficient (Wildman–Crippen LogP) is 3.80. The number of piperidine rings is 1. The molecule has 0 unspecified atom stereocenters. The van der Waals surface area contributed by atoms with Crippen molar-refractivity contribution in [2.24, 2.45) is 5.92 Å². The second-order valence-corrected chi connectivity index (χ2v) is 11.0. The Labute approximate surface area is 174 Å². The van der Waals surface area contributed by atoms with E-state index in [1.54, 1.807) is 0 Å². The van der Waals surface area contributed by atoms with Gasteiger partial charge in [0.05, 0.1) is 20.1 Å². The highest BCUT2D eigenvalue weighted by Crippen LogP contribution is 2.25. The molecule has 0 spiro atoms. The number of hydrogen-bond donors (Lipinski definition) is 0. The molecular weight excluding hydrogens is 526 g/mol. The van der Waals surface area contributed by atoms with Crippen LogP contribution < -0.4 is 4.90 Å². The molecule has 2 aliphatic rings. The minimum Gasteiger partial charge on any atom is -0.357 e. The lowest BCUT2D eigenvalue weighted by Crippen LogP contribution is -2.51. The Bertz CT molecular complexity index is 502. The molecule has 0 aliphatic carbocycles. The normalized spacial score (nSPS) is 22.7. The third-order valence-corrected chi connectivity index (χ3v) is 7.10. The Balaban J connectivity index is 1.33. The molecule has 2 saturated heterocycles. The van der Waals surface area contributed by atoms with Gasteiger partial charge in [-0.05, 0) is 72.9 Å². The minimum atomic E-state index is 0.917. The van der Waals surface area contributed by atoms with Gasteiger partial charge in [0.25, 0.3) is 0 Å². The molecule has 24 heavy (non-hydrogen) atoms. The van der Waals surface area contributed by atoms with Crippen LogP contribution in [0.15, 0.2) is 18.3 Å². The lowest BCUT2D eigenvalue weighted by Gasteiger charge is -2.37. The summed E-state index contributed by atoms with van der Waals surface area (Å²) in [4.78, 5) is 9.70. The van der Waals surface area contributed by atoms with Crippen molar-refractivity contribution in [3.05, 3.63) is 21.9 Å². The fourth-order valence-corrected chi connectivity index (χ4v) is 4.51. The van der Waals surface area contributed by atoms with Gasteiger partial charge in [0.1, 0.15) is 5.82 Å². The van der Waals surface area contributed by atoms with Gasteiger partial charge < -0.3 is 4.90 Å². The van der Waals surface area contributed by atoms with Gasteiger partial charge in [0, 0.05) is 35.9 Å². The average Bonchev–Trinajstić information content (AvgIpc) is 2.58. The van der Waals surface area contributed by atoms with E-state index in [4.69, 9.17) is 0 Å². The van der Waals surface area contributed by atoms with Crippen molar-refractivity contribution in [1.82, 2.24) is 9.88 Å². The lowest BCUT2D eigenvalue weighted by molar-refractivity contribution is -0.737. The number of rotatable bonds is 5. The largest absolute Gasteiger partial charge is 0.357 e. The van der Waals surface area contributed by atoms with Crippen LogP contribution in [0.3, 0.4) is 0 Å². The quantitative estimate of drug-likeness (QED) is 0.408. The molecule has 3 rings (SSSR count). The standard InChI is InChI=1S/C18H29I2N4/c1-24(20)13-11-22(12-14-24)8-2-3-16-6-9-23(10-7-16)18-5-4-17(19)15-21-18/h4-5,15-16H,2-3,6-14H2,1H3/q+1. The molecule has 134 valence electrons. The van der Waals surface area contributed by atoms with Gasteiger partial charge >= 0.3 is 0 Å². The van der Waals surface area contributed by atoms with Crippen LogP contribution in [0.2, 0.25) is 0 Å². The van der Waals surface area contributed by atoms with E-state index in [0.717, 1.165) is 11.7 Å². The van der Waals surface area contributed by atoms with Crippen molar-refractivity contribution in [2.75, 3.05) is 57.8 Å². The fraction of sp³-hybridized carbons (Fsp3) is 0.722. The van der Waals surface area contributed by atoms with E-state index >= 15 is 0 Å². The van der Waals surface area contributed by atoms with Gasteiger partial charge in [-0.2, -0.15) is 0 Å². The molecule has 0 saturated carbocycles. The molecule has 1 aromatic rings. The van der Waals surface area contributed by atoms with Crippen molar-refractivity contribution in [3.63, 3.8) is 0 Å². The molecule has 4 nitrogen and oxygen atoms in total. The SMILES string of the molecule is C[N+]1(I)CCN(CCCC2CCN(c3ccc(I)cn3)CC2)CC1. The summed E-state index contributed by atoms with van der Waals surface area (Å²) >= 11 is 4.90. The number of anilines is 1. The van der Waals surface area contributed by atoms with Gasteiger partial charge in [-0.1, -0.05) is 0 Å². The predicted molar refractivity (Wildman–Crippen MR) is 118 cm³/mol. The highest BCUT2D eigenvalue weighted by Gasteiger charge is 2.26. The summed E-state index contributed by atoms with van der Waals surface area (Å²) < 4.78 is 2.38. The first kappa shape index (κ1) is 19.1. The van der Waals surface area contributed by atoms with E-state index in [1.165, 1.54) is 77.8 Å². The van der Waals surface area contributed by atoms with Crippen molar-refractivity contribution >= 4 is 51.3 Å². The van der Waals surface area contributed by atoms with E-state index in [-0.39, 0.29) is 0 Å². The number of hydrogen-bond acceptors (Lipinski definition) is 3. The summed E-state index contributed by atoms with van der Waals surface area (Å²) in [6.07, 6.45) is 7.41. The smallest absolute Gasteiger partial charge is 0.248 e. The summed E-state index contributed by atoms with van der Waals surface area (Å²) in [7, 11) is 2.34. The van der Waals surface area contributed by atoms with Gasteiger partial charge in [-0.25, -0.2) is 4.98 Å². The average molecular weight is 555 g/mol. The monoisotopic (exact) mass is 555 g/mol. The molecule has 0 N–H and O–H groups in total. The van der Waals surface area contributed by atoms with Crippen LogP contribution in [0.1, 0.15) is 25.7 Å². The maximum atomic E-state index is 4.57. The molecule has 1 aromatic heterocycles. The topological polar surface area (TPSA) is 19.4 Å². The van der Waals surface area contributed by atoms with Crippen LogP contribution in [0, 0.1) is 9.49 Å². The van der Waals surface area contributed by atoms with Crippen molar-refractivity contribution in [3.8, 4) is 0 Å². The maximum absolute atomic E-state index is 4.57. The molecule has 0 atom stereocenters. The maximum Gasteiger partial charge on any atom is 0.248 e. The van der Waals surface area contributed by atoms with E-state index in [0.29, 0.717) is 0 Å². The van der Waals surface area contributed by atoms with Gasteiger partial charge in [0.15, 0.2) is 0 Å². The first-order chi connectivity index (χ1) is 11.5. The summed E-state index contributed by atoms with van der Waals surface area (Å²) in [6.45, 7) is 8.78. The first-order valence-electron chi connectivity index (χ1n) is 9.15. The number of nitrogens with zero attached hydrogens (tertiary/aromatic N) is 4. The summed E-state index contributed by atoms with van der Waals surface area (Å²) in [5.74, 6) is 2.07. The number of halogens is 2. The van der Waals surface area contributed by atoms with Crippen molar-refractivity contribution in [1.29, 1.82) is 0 Å². The van der Waals surface area contributed by atoms with E-state index in [9.17, 15) is 0 Å². The van der Waals surface area contributed by atoms with Gasteiger partial charge in [-0.15, -0.1) is 0 Å². The molecule has 0 radical (unpaired) electrons. The number of piperazine rings is 1. The summed E-state index contributed by atoms with van der Waals surface area (Å²) in [5, 5.41) is 0. The number of aromatic nitrogens is 1. The van der Waals surface area contributed by atoms with Crippen molar-refractivity contribution < 1.29 is 2.70 Å². The van der Waals surface area contributed by atoms with E-state index in [1.807, 2.05) is 6.20 Å². The van der Waals surface area contributed by atoms with Crippen LogP contribution in [0.25, 0.3) is 0 Å². The Morgan fingerprint density at radius 2 is 1.88 bits per heavy atom. The molecule has 0 aromatic carbocycles. The zero-order chi connectivity index (χ0) is 17.0. The zero-order valence-electron chi connectivity index (χ0n) is 14.6. The number of likely N-dealkylation sites (N-methyl/N-ethyl adjacent to an activating group) is 1. The second kappa shape index (κ2) is 8.81. The second-order valence-electron chi connectivity index (χ2n) is 7.46. The van der Waals surface area contributed by atoms with E-state index in [2.05, 4.69) is 79.4 Å². The Hall–Kier alpha value is 0.330.